The van der Waals surface area contributed by atoms with E-state index in [1.54, 1.807) is 29.2 Å². The SMILES string of the molecule is CC(C)NC(=O)Nc1cccc(C(=O)N2CCCC[C@H]2CC(N)=O)c1. The van der Waals surface area contributed by atoms with Crippen molar-refractivity contribution in [1.29, 1.82) is 0 Å². The number of urea groups is 1. The van der Waals surface area contributed by atoms with Crippen LogP contribution in [0, 0.1) is 0 Å². The second-order valence-electron chi connectivity index (χ2n) is 6.65. The number of nitrogens with zero attached hydrogens (tertiary/aromatic N) is 1. The fraction of sp³-hybridized carbons (Fsp3) is 0.500. The number of anilines is 1. The Kier molecular flexibility index (Phi) is 6.38. The summed E-state index contributed by atoms with van der Waals surface area (Å²) in [5.41, 5.74) is 6.35. The van der Waals surface area contributed by atoms with E-state index in [9.17, 15) is 14.4 Å². The molecule has 0 spiro atoms. The Morgan fingerprint density at radius 2 is 2.04 bits per heavy atom. The first kappa shape index (κ1) is 18.8. The Labute approximate surface area is 147 Å². The lowest BCUT2D eigenvalue weighted by Gasteiger charge is -2.35. The van der Waals surface area contributed by atoms with Gasteiger partial charge in [-0.15, -0.1) is 0 Å². The van der Waals surface area contributed by atoms with Crippen LogP contribution in [0.25, 0.3) is 0 Å². The van der Waals surface area contributed by atoms with Crippen LogP contribution in [0.2, 0.25) is 0 Å². The molecule has 1 fully saturated rings. The van der Waals surface area contributed by atoms with E-state index in [0.29, 0.717) is 17.8 Å². The summed E-state index contributed by atoms with van der Waals surface area (Å²) in [6.07, 6.45) is 2.86. The number of piperidine rings is 1. The van der Waals surface area contributed by atoms with Crippen LogP contribution in [0.5, 0.6) is 0 Å². The molecule has 4 amide bonds. The third-order valence-corrected chi connectivity index (χ3v) is 4.11. The minimum atomic E-state index is -0.398. The smallest absolute Gasteiger partial charge is 0.319 e. The van der Waals surface area contributed by atoms with Gasteiger partial charge < -0.3 is 21.3 Å². The van der Waals surface area contributed by atoms with E-state index in [0.717, 1.165) is 19.3 Å². The third-order valence-electron chi connectivity index (χ3n) is 4.11. The first-order chi connectivity index (χ1) is 11.9. The van der Waals surface area contributed by atoms with Crippen molar-refractivity contribution in [2.24, 2.45) is 5.73 Å². The number of nitrogens with one attached hydrogen (secondary N) is 2. The van der Waals surface area contributed by atoms with Gasteiger partial charge in [-0.2, -0.15) is 0 Å². The van der Waals surface area contributed by atoms with Crippen molar-refractivity contribution in [2.75, 3.05) is 11.9 Å². The van der Waals surface area contributed by atoms with Crippen LogP contribution in [-0.2, 0) is 4.79 Å². The highest BCUT2D eigenvalue weighted by Crippen LogP contribution is 2.23. The maximum absolute atomic E-state index is 12.9. The largest absolute Gasteiger partial charge is 0.370 e. The van der Waals surface area contributed by atoms with Crippen molar-refractivity contribution in [3.05, 3.63) is 29.8 Å². The van der Waals surface area contributed by atoms with E-state index >= 15 is 0 Å². The van der Waals surface area contributed by atoms with Crippen LogP contribution in [0.15, 0.2) is 24.3 Å². The Bertz CT molecular complexity index is 645. The molecule has 1 aromatic carbocycles. The van der Waals surface area contributed by atoms with Gasteiger partial charge in [-0.25, -0.2) is 4.79 Å². The van der Waals surface area contributed by atoms with Gasteiger partial charge >= 0.3 is 6.03 Å². The summed E-state index contributed by atoms with van der Waals surface area (Å²) in [6.45, 7) is 4.35. The van der Waals surface area contributed by atoms with Gasteiger partial charge in [0.25, 0.3) is 5.91 Å². The highest BCUT2D eigenvalue weighted by molar-refractivity contribution is 5.97. The summed E-state index contributed by atoms with van der Waals surface area (Å²) in [5.74, 6) is -0.538. The van der Waals surface area contributed by atoms with Crippen molar-refractivity contribution < 1.29 is 14.4 Å². The van der Waals surface area contributed by atoms with E-state index in [2.05, 4.69) is 10.6 Å². The second kappa shape index (κ2) is 8.50. The Hall–Kier alpha value is -2.57. The highest BCUT2D eigenvalue weighted by Gasteiger charge is 2.28. The van der Waals surface area contributed by atoms with E-state index < -0.39 is 5.91 Å². The summed E-state index contributed by atoms with van der Waals surface area (Å²) in [6, 6.07) is 6.37. The minimum absolute atomic E-state index is 0.0210. The average molecular weight is 346 g/mol. The number of hydrogen-bond donors (Lipinski definition) is 3. The van der Waals surface area contributed by atoms with Crippen molar-refractivity contribution in [3.63, 3.8) is 0 Å². The lowest BCUT2D eigenvalue weighted by Crippen LogP contribution is -2.45. The molecule has 4 N–H and O–H groups in total. The first-order valence-electron chi connectivity index (χ1n) is 8.63. The predicted molar refractivity (Wildman–Crippen MR) is 96.2 cm³/mol. The molecule has 1 atom stereocenters. The number of carbonyl (C=O) groups is 3. The summed E-state index contributed by atoms with van der Waals surface area (Å²) in [4.78, 5) is 37.7. The van der Waals surface area contributed by atoms with Gasteiger partial charge in [0, 0.05) is 36.3 Å². The van der Waals surface area contributed by atoms with Gasteiger partial charge in [0.15, 0.2) is 0 Å². The molecular formula is C18H26N4O3. The maximum atomic E-state index is 12.9. The molecule has 0 unspecified atom stereocenters. The van der Waals surface area contributed by atoms with Crippen molar-refractivity contribution in [1.82, 2.24) is 10.2 Å². The quantitative estimate of drug-likeness (QED) is 0.760. The van der Waals surface area contributed by atoms with Crippen LogP contribution in [0.1, 0.15) is 49.9 Å². The summed E-state index contributed by atoms with van der Waals surface area (Å²) < 4.78 is 0. The van der Waals surface area contributed by atoms with E-state index in [4.69, 9.17) is 5.73 Å². The Morgan fingerprint density at radius 1 is 1.28 bits per heavy atom. The molecule has 0 aliphatic carbocycles. The van der Waals surface area contributed by atoms with Gasteiger partial charge in [0.2, 0.25) is 5.91 Å². The Morgan fingerprint density at radius 3 is 2.72 bits per heavy atom. The van der Waals surface area contributed by atoms with E-state index in [-0.39, 0.29) is 30.4 Å². The molecule has 2 rings (SSSR count). The van der Waals surface area contributed by atoms with Crippen molar-refractivity contribution in [3.8, 4) is 0 Å². The predicted octanol–water partition coefficient (Wildman–Crippen LogP) is 2.09. The van der Waals surface area contributed by atoms with Crippen LogP contribution < -0.4 is 16.4 Å². The summed E-state index contributed by atoms with van der Waals surface area (Å²) >= 11 is 0. The van der Waals surface area contributed by atoms with Crippen LogP contribution in [-0.4, -0.2) is 41.4 Å². The van der Waals surface area contributed by atoms with Crippen molar-refractivity contribution in [2.45, 2.75) is 51.6 Å². The number of hydrogen-bond acceptors (Lipinski definition) is 3. The monoisotopic (exact) mass is 346 g/mol. The molecular weight excluding hydrogens is 320 g/mol. The van der Waals surface area contributed by atoms with Crippen LogP contribution in [0.3, 0.4) is 0 Å². The molecule has 0 aromatic heterocycles. The normalized spacial score (nSPS) is 17.2. The number of carbonyl (C=O) groups excluding carboxylic acids is 3. The summed E-state index contributed by atoms with van der Waals surface area (Å²) in [7, 11) is 0. The number of rotatable bonds is 5. The molecule has 1 saturated heterocycles. The zero-order valence-electron chi connectivity index (χ0n) is 14.7. The lowest BCUT2D eigenvalue weighted by atomic mass is 9.98. The Balaban J connectivity index is 2.11. The topological polar surface area (TPSA) is 105 Å². The summed E-state index contributed by atoms with van der Waals surface area (Å²) in [5, 5.41) is 5.46. The molecule has 7 nitrogen and oxygen atoms in total. The van der Waals surface area contributed by atoms with Gasteiger partial charge in [-0.3, -0.25) is 9.59 Å². The number of primary amides is 1. The number of nitrogens with two attached hydrogens (primary N) is 1. The maximum Gasteiger partial charge on any atom is 0.319 e. The first-order valence-corrected chi connectivity index (χ1v) is 8.63. The number of amides is 4. The molecule has 1 aromatic rings. The molecule has 136 valence electrons. The average Bonchev–Trinajstić information content (AvgIpc) is 2.53. The highest BCUT2D eigenvalue weighted by atomic mass is 16.2. The molecule has 1 aliphatic heterocycles. The zero-order valence-corrected chi connectivity index (χ0v) is 14.7. The van der Waals surface area contributed by atoms with Gasteiger partial charge in [-0.1, -0.05) is 6.07 Å². The molecule has 25 heavy (non-hydrogen) atoms. The molecule has 1 aliphatic rings. The van der Waals surface area contributed by atoms with E-state index in [1.165, 1.54) is 0 Å². The van der Waals surface area contributed by atoms with Crippen molar-refractivity contribution >= 4 is 23.5 Å². The molecule has 0 bridgehead atoms. The molecule has 7 heteroatoms. The molecule has 0 radical (unpaired) electrons. The van der Waals surface area contributed by atoms with Gasteiger partial charge in [-0.05, 0) is 51.3 Å². The number of benzene rings is 1. The van der Waals surface area contributed by atoms with Gasteiger partial charge in [0.1, 0.15) is 0 Å². The van der Waals surface area contributed by atoms with Crippen LogP contribution >= 0.6 is 0 Å². The van der Waals surface area contributed by atoms with Gasteiger partial charge in [0.05, 0.1) is 0 Å². The molecule has 0 saturated carbocycles. The van der Waals surface area contributed by atoms with E-state index in [1.807, 2.05) is 13.8 Å². The minimum Gasteiger partial charge on any atom is -0.370 e. The third kappa shape index (κ3) is 5.48. The fourth-order valence-corrected chi connectivity index (χ4v) is 3.04. The zero-order chi connectivity index (χ0) is 18.4. The molecule has 1 heterocycles. The lowest BCUT2D eigenvalue weighted by molar-refractivity contribution is -0.119. The number of likely N-dealkylation sites (tertiary alicyclic amines) is 1. The van der Waals surface area contributed by atoms with Crippen LogP contribution in [0.4, 0.5) is 10.5 Å². The fourth-order valence-electron chi connectivity index (χ4n) is 3.04. The standard InChI is InChI=1S/C18H26N4O3/c1-12(2)20-18(25)21-14-7-5-6-13(10-14)17(24)22-9-4-3-8-15(22)11-16(19)23/h5-7,10,12,15H,3-4,8-9,11H2,1-2H3,(H2,19,23)(H2,20,21,25)/t15-/m0/s1. The second-order valence-corrected chi connectivity index (χ2v) is 6.65.